The Morgan fingerprint density at radius 3 is 2.80 bits per heavy atom. The molecule has 0 fully saturated rings. The first-order valence-corrected chi connectivity index (χ1v) is 6.49. The molecular weight excluding hydrogens is 276 g/mol. The second-order valence-electron chi connectivity index (χ2n) is 3.26. The SMILES string of the molecule is CCC(CNC)C(=O)Nc1ccc(Br)s1. The van der Waals surface area contributed by atoms with Gasteiger partial charge in [0.05, 0.1) is 14.7 Å². The Hall–Kier alpha value is -0.390. The van der Waals surface area contributed by atoms with Crippen LogP contribution in [0.15, 0.2) is 15.9 Å². The maximum absolute atomic E-state index is 11.8. The van der Waals surface area contributed by atoms with Crippen LogP contribution in [-0.4, -0.2) is 19.5 Å². The van der Waals surface area contributed by atoms with Crippen LogP contribution < -0.4 is 10.6 Å². The van der Waals surface area contributed by atoms with Crippen LogP contribution in [0.5, 0.6) is 0 Å². The van der Waals surface area contributed by atoms with E-state index in [1.165, 1.54) is 11.3 Å². The van der Waals surface area contributed by atoms with Crippen molar-refractivity contribution in [3.63, 3.8) is 0 Å². The van der Waals surface area contributed by atoms with Gasteiger partial charge in [-0.1, -0.05) is 6.92 Å². The number of nitrogens with one attached hydrogen (secondary N) is 2. The summed E-state index contributed by atoms with van der Waals surface area (Å²) >= 11 is 4.89. The molecule has 0 radical (unpaired) electrons. The Morgan fingerprint density at radius 2 is 2.33 bits per heavy atom. The van der Waals surface area contributed by atoms with E-state index >= 15 is 0 Å². The number of anilines is 1. The van der Waals surface area contributed by atoms with Gasteiger partial charge in [0, 0.05) is 6.54 Å². The molecule has 0 aromatic carbocycles. The van der Waals surface area contributed by atoms with Gasteiger partial charge in [0.25, 0.3) is 0 Å². The zero-order chi connectivity index (χ0) is 11.3. The van der Waals surface area contributed by atoms with Crippen molar-refractivity contribution in [1.82, 2.24) is 5.32 Å². The number of rotatable bonds is 5. The molecule has 0 aliphatic carbocycles. The number of carbonyl (C=O) groups excluding carboxylic acids is 1. The van der Waals surface area contributed by atoms with Gasteiger partial charge >= 0.3 is 0 Å². The van der Waals surface area contributed by atoms with Gasteiger partial charge < -0.3 is 10.6 Å². The Morgan fingerprint density at radius 1 is 1.60 bits per heavy atom. The van der Waals surface area contributed by atoms with Crippen molar-refractivity contribution < 1.29 is 4.79 Å². The van der Waals surface area contributed by atoms with Gasteiger partial charge in [0.2, 0.25) is 5.91 Å². The minimum atomic E-state index is 0.0378. The summed E-state index contributed by atoms with van der Waals surface area (Å²) in [5.74, 6) is 0.122. The summed E-state index contributed by atoms with van der Waals surface area (Å²) in [5.41, 5.74) is 0. The predicted molar refractivity (Wildman–Crippen MR) is 68.4 cm³/mol. The normalized spacial score (nSPS) is 12.5. The standard InChI is InChI=1S/C10H15BrN2OS/c1-3-7(6-12-2)10(14)13-9-5-4-8(11)15-9/h4-5,7,12H,3,6H2,1-2H3,(H,13,14). The summed E-state index contributed by atoms with van der Waals surface area (Å²) < 4.78 is 1.03. The van der Waals surface area contributed by atoms with Gasteiger partial charge in [-0.25, -0.2) is 0 Å². The lowest BCUT2D eigenvalue weighted by Crippen LogP contribution is -2.30. The Kier molecular flexibility index (Phi) is 5.28. The maximum atomic E-state index is 11.8. The average molecular weight is 291 g/mol. The molecule has 0 aliphatic rings. The molecule has 0 saturated heterocycles. The number of halogens is 1. The molecule has 2 N–H and O–H groups in total. The molecule has 1 heterocycles. The largest absolute Gasteiger partial charge is 0.319 e. The van der Waals surface area contributed by atoms with Crippen molar-refractivity contribution >= 4 is 38.2 Å². The monoisotopic (exact) mass is 290 g/mol. The number of thiophene rings is 1. The van der Waals surface area contributed by atoms with E-state index in [0.29, 0.717) is 0 Å². The molecule has 0 bridgehead atoms. The highest BCUT2D eigenvalue weighted by Crippen LogP contribution is 2.26. The molecule has 1 atom stereocenters. The third-order valence-corrected chi connectivity index (χ3v) is 3.67. The zero-order valence-corrected chi connectivity index (χ0v) is 11.2. The van der Waals surface area contributed by atoms with Crippen molar-refractivity contribution in [2.75, 3.05) is 18.9 Å². The fraction of sp³-hybridized carbons (Fsp3) is 0.500. The van der Waals surface area contributed by atoms with Gasteiger partial charge in [-0.3, -0.25) is 4.79 Å². The first-order chi connectivity index (χ1) is 7.17. The third-order valence-electron chi connectivity index (χ3n) is 2.13. The van der Waals surface area contributed by atoms with E-state index in [9.17, 15) is 4.79 Å². The molecule has 3 nitrogen and oxygen atoms in total. The smallest absolute Gasteiger partial charge is 0.229 e. The van der Waals surface area contributed by atoms with Gasteiger partial charge in [0.1, 0.15) is 0 Å². The predicted octanol–water partition coefficient (Wildman–Crippen LogP) is 2.69. The van der Waals surface area contributed by atoms with Gasteiger partial charge in [-0.15, -0.1) is 11.3 Å². The Labute approximate surface area is 102 Å². The average Bonchev–Trinajstić information content (AvgIpc) is 2.60. The van der Waals surface area contributed by atoms with Crippen LogP contribution in [0.4, 0.5) is 5.00 Å². The molecule has 0 spiro atoms. The lowest BCUT2D eigenvalue weighted by Gasteiger charge is -2.13. The van der Waals surface area contributed by atoms with Crippen LogP contribution in [-0.2, 0) is 4.79 Å². The van der Waals surface area contributed by atoms with E-state index in [1.54, 1.807) is 0 Å². The molecule has 84 valence electrons. The van der Waals surface area contributed by atoms with Crippen molar-refractivity contribution in [3.8, 4) is 0 Å². The molecule has 15 heavy (non-hydrogen) atoms. The van der Waals surface area contributed by atoms with Gasteiger partial charge in [-0.2, -0.15) is 0 Å². The van der Waals surface area contributed by atoms with E-state index < -0.39 is 0 Å². The van der Waals surface area contributed by atoms with Crippen LogP contribution >= 0.6 is 27.3 Å². The summed E-state index contributed by atoms with van der Waals surface area (Å²) in [4.78, 5) is 11.8. The lowest BCUT2D eigenvalue weighted by atomic mass is 10.1. The van der Waals surface area contributed by atoms with E-state index in [1.807, 2.05) is 26.1 Å². The number of amides is 1. The van der Waals surface area contributed by atoms with Crippen molar-refractivity contribution in [2.24, 2.45) is 5.92 Å². The highest BCUT2D eigenvalue weighted by atomic mass is 79.9. The minimum absolute atomic E-state index is 0.0378. The summed E-state index contributed by atoms with van der Waals surface area (Å²) in [5, 5.41) is 6.82. The Balaban J connectivity index is 2.53. The van der Waals surface area contributed by atoms with Gasteiger partial charge in [0.15, 0.2) is 0 Å². The highest BCUT2D eigenvalue weighted by molar-refractivity contribution is 9.11. The van der Waals surface area contributed by atoms with E-state index in [-0.39, 0.29) is 11.8 Å². The maximum Gasteiger partial charge on any atom is 0.229 e. The third kappa shape index (κ3) is 3.93. The first-order valence-electron chi connectivity index (χ1n) is 4.88. The lowest BCUT2D eigenvalue weighted by molar-refractivity contribution is -0.119. The van der Waals surface area contributed by atoms with Crippen LogP contribution in [0, 0.1) is 5.92 Å². The fourth-order valence-corrected chi connectivity index (χ4v) is 2.56. The first kappa shape index (κ1) is 12.7. The molecule has 1 unspecified atom stereocenters. The topological polar surface area (TPSA) is 41.1 Å². The summed E-state index contributed by atoms with van der Waals surface area (Å²) in [6.45, 7) is 2.74. The van der Waals surface area contributed by atoms with Crippen LogP contribution in [0.3, 0.4) is 0 Å². The molecule has 0 aliphatic heterocycles. The van der Waals surface area contributed by atoms with Crippen molar-refractivity contribution in [1.29, 1.82) is 0 Å². The molecule has 5 heteroatoms. The second-order valence-corrected chi connectivity index (χ2v) is 5.72. The molecule has 1 aromatic heterocycles. The quantitative estimate of drug-likeness (QED) is 0.875. The second kappa shape index (κ2) is 6.25. The molecule has 1 aromatic rings. The molecular formula is C10H15BrN2OS. The Bertz CT molecular complexity index is 327. The summed E-state index contributed by atoms with van der Waals surface area (Å²) in [6.07, 6.45) is 0.846. The molecule has 1 amide bonds. The summed E-state index contributed by atoms with van der Waals surface area (Å²) in [7, 11) is 1.86. The number of hydrogen-bond acceptors (Lipinski definition) is 3. The minimum Gasteiger partial charge on any atom is -0.319 e. The van der Waals surface area contributed by atoms with Crippen molar-refractivity contribution in [3.05, 3.63) is 15.9 Å². The van der Waals surface area contributed by atoms with Crippen LogP contribution in [0.2, 0.25) is 0 Å². The van der Waals surface area contributed by atoms with E-state index in [4.69, 9.17) is 0 Å². The summed E-state index contributed by atoms with van der Waals surface area (Å²) in [6, 6.07) is 3.83. The zero-order valence-electron chi connectivity index (χ0n) is 8.84. The van der Waals surface area contributed by atoms with Gasteiger partial charge in [-0.05, 0) is 41.5 Å². The molecule has 1 rings (SSSR count). The van der Waals surface area contributed by atoms with E-state index in [0.717, 1.165) is 21.8 Å². The highest BCUT2D eigenvalue weighted by Gasteiger charge is 2.15. The van der Waals surface area contributed by atoms with Crippen LogP contribution in [0.25, 0.3) is 0 Å². The fourth-order valence-electron chi connectivity index (χ4n) is 1.27. The van der Waals surface area contributed by atoms with E-state index in [2.05, 4.69) is 26.6 Å². The molecule has 0 saturated carbocycles. The number of hydrogen-bond donors (Lipinski definition) is 2. The van der Waals surface area contributed by atoms with Crippen LogP contribution in [0.1, 0.15) is 13.3 Å². The van der Waals surface area contributed by atoms with Crippen molar-refractivity contribution in [2.45, 2.75) is 13.3 Å². The number of carbonyl (C=O) groups is 1.